The van der Waals surface area contributed by atoms with E-state index >= 15 is 0 Å². The molecule has 1 N–H and O–H groups in total. The summed E-state index contributed by atoms with van der Waals surface area (Å²) in [6, 6.07) is 7.30. The number of hydroxylamine groups is 2. The van der Waals surface area contributed by atoms with Crippen molar-refractivity contribution in [1.82, 2.24) is 19.8 Å². The normalized spacial score (nSPS) is 16.5. The first-order valence-electron chi connectivity index (χ1n) is 9.97. The van der Waals surface area contributed by atoms with Crippen LogP contribution in [0.5, 0.6) is 11.5 Å². The van der Waals surface area contributed by atoms with E-state index in [1.165, 1.54) is 18.6 Å². The van der Waals surface area contributed by atoms with Crippen molar-refractivity contribution < 1.29 is 18.6 Å². The molecule has 0 saturated carbocycles. The van der Waals surface area contributed by atoms with Gasteiger partial charge >= 0.3 is 6.09 Å². The van der Waals surface area contributed by atoms with Gasteiger partial charge in [-0.3, -0.25) is 9.88 Å². The number of nitrogens with one attached hydrogen (secondary N) is 1. The smallest absolute Gasteiger partial charge is 0.408 e. The molecule has 1 aromatic heterocycles. The molecule has 1 atom stereocenters. The molecule has 9 nitrogen and oxygen atoms in total. The van der Waals surface area contributed by atoms with Crippen LogP contribution in [0.15, 0.2) is 36.7 Å². The van der Waals surface area contributed by atoms with Crippen LogP contribution in [0.1, 0.15) is 5.56 Å². The summed E-state index contributed by atoms with van der Waals surface area (Å²) in [7, 11) is 1.15. The first-order chi connectivity index (χ1) is 15.1. The Hall–Kier alpha value is -2.53. The minimum Gasteiger partial charge on any atom is -0.408 e. The second kappa shape index (κ2) is 10.4. The van der Waals surface area contributed by atoms with E-state index in [0.29, 0.717) is 42.6 Å². The number of hydrogen-bond donors (Lipinski definition) is 1. The van der Waals surface area contributed by atoms with Crippen LogP contribution >= 0.6 is 11.6 Å². The summed E-state index contributed by atoms with van der Waals surface area (Å²) < 4.78 is 20.0. The number of halogens is 1. The minimum atomic E-state index is -2.45. The lowest BCUT2D eigenvalue weighted by atomic mass is 10.2. The van der Waals surface area contributed by atoms with Crippen molar-refractivity contribution in [2.45, 2.75) is 6.54 Å². The van der Waals surface area contributed by atoms with Gasteiger partial charge in [-0.05, 0) is 23.6 Å². The third-order valence-corrected chi connectivity index (χ3v) is 5.55. The molecule has 0 radical (unpaired) electrons. The Bertz CT molecular complexity index is 1060. The van der Waals surface area contributed by atoms with Crippen molar-refractivity contribution in [2.24, 2.45) is 0 Å². The molecular weight excluding hydrogens is 454 g/mol. The summed E-state index contributed by atoms with van der Waals surface area (Å²) in [5.74, 6) is 4.43. The van der Waals surface area contributed by atoms with Gasteiger partial charge in [0.05, 0.1) is 23.1 Å². The molecule has 1 fully saturated rings. The van der Waals surface area contributed by atoms with Crippen molar-refractivity contribution in [2.75, 3.05) is 51.3 Å². The van der Waals surface area contributed by atoms with Crippen LogP contribution in [0, 0.1) is 0 Å². The van der Waals surface area contributed by atoms with E-state index < -0.39 is 15.8 Å². The van der Waals surface area contributed by atoms with E-state index in [1.54, 1.807) is 30.1 Å². The third-order valence-electron chi connectivity index (χ3n) is 4.57. The fraction of sp³-hybridized carbons (Fsp3) is 0.381. The molecule has 1 aliphatic rings. The highest BCUT2D eigenvalue weighted by Gasteiger charge is 2.23. The maximum atomic E-state index is 12.5. The van der Waals surface area contributed by atoms with E-state index in [-0.39, 0.29) is 5.75 Å². The molecule has 1 amide bonds. The van der Waals surface area contributed by atoms with Gasteiger partial charge in [0.2, 0.25) is 0 Å². The van der Waals surface area contributed by atoms with Crippen LogP contribution in [-0.2, 0) is 16.3 Å². The van der Waals surface area contributed by atoms with E-state index in [4.69, 9.17) is 21.2 Å². The fourth-order valence-electron chi connectivity index (χ4n) is 3.20. The quantitative estimate of drug-likeness (QED) is 0.480. The van der Waals surface area contributed by atoms with Gasteiger partial charge in [-0.15, -0.1) is 0 Å². The molecule has 174 valence electrons. The molecule has 0 bridgehead atoms. The molecule has 2 aromatic rings. The molecule has 0 spiro atoms. The molecule has 32 heavy (non-hydrogen) atoms. The minimum absolute atomic E-state index is 0.278. The number of carbonyl (C=O) groups excluding carboxylic acids is 1. The lowest BCUT2D eigenvalue weighted by Gasteiger charge is -2.34. The second-order valence-electron chi connectivity index (χ2n) is 7.82. The molecule has 2 heterocycles. The largest absolute Gasteiger partial charge is 0.415 e. The van der Waals surface area contributed by atoms with Crippen LogP contribution in [-0.4, -0.2) is 82.5 Å². The zero-order chi connectivity index (χ0) is 23.3. The number of aromatic nitrogens is 1. The van der Waals surface area contributed by atoms with Gasteiger partial charge in [-0.25, -0.2) is 9.00 Å². The first kappa shape index (κ1) is 24.1. The lowest BCUT2D eigenvalue weighted by Crippen LogP contribution is -2.49. The van der Waals surface area contributed by atoms with Crippen LogP contribution in [0.25, 0.3) is 0 Å². The monoisotopic (exact) mass is 481 g/mol. The highest BCUT2D eigenvalue weighted by atomic mass is 35.5. The number of hydrogen-bond acceptors (Lipinski definition) is 7. The number of amides is 1. The summed E-state index contributed by atoms with van der Waals surface area (Å²) in [5.41, 5.74) is 1.55. The second-order valence-corrected chi connectivity index (χ2v) is 10.4. The van der Waals surface area contributed by atoms with Gasteiger partial charge < -0.3 is 19.2 Å². The zero-order valence-corrected chi connectivity index (χ0v) is 20.0. The van der Waals surface area contributed by atoms with Crippen LogP contribution in [0.2, 0.25) is 5.02 Å². The summed E-state index contributed by atoms with van der Waals surface area (Å²) in [6.45, 7) is 3.23. The highest BCUT2D eigenvalue weighted by Crippen LogP contribution is 2.27. The lowest BCUT2D eigenvalue weighted by molar-refractivity contribution is -0.00328. The Morgan fingerprint density at radius 3 is 2.62 bits per heavy atom. The third kappa shape index (κ3) is 7.27. The Balaban J connectivity index is 1.52. The predicted molar refractivity (Wildman–Crippen MR) is 128 cm³/mol. The van der Waals surface area contributed by atoms with Gasteiger partial charge in [-0.2, -0.15) is 5.06 Å². The SMILES string of the molecule is C=S(C)(=O)Nc1cncc(OC(=O)N2CCN(Cc3ccc(Cl)c(ON(C)C)c3)CC2)c1. The van der Waals surface area contributed by atoms with E-state index in [1.807, 2.05) is 18.2 Å². The number of anilines is 1. The highest BCUT2D eigenvalue weighted by molar-refractivity contribution is 8.00. The van der Waals surface area contributed by atoms with Crippen molar-refractivity contribution in [3.8, 4) is 11.5 Å². The molecule has 1 aromatic carbocycles. The summed E-state index contributed by atoms with van der Waals surface area (Å²) in [4.78, 5) is 26.1. The summed E-state index contributed by atoms with van der Waals surface area (Å²) in [5, 5.41) is 2.15. The maximum Gasteiger partial charge on any atom is 0.415 e. The van der Waals surface area contributed by atoms with Gasteiger partial charge in [0.1, 0.15) is 0 Å². The fourth-order valence-corrected chi connectivity index (χ4v) is 3.97. The van der Waals surface area contributed by atoms with Crippen molar-refractivity contribution in [3.63, 3.8) is 0 Å². The number of rotatable bonds is 7. The number of benzene rings is 1. The Kier molecular flexibility index (Phi) is 7.83. The van der Waals surface area contributed by atoms with Gasteiger partial charge in [0.25, 0.3) is 0 Å². The Labute approximate surface area is 194 Å². The van der Waals surface area contributed by atoms with E-state index in [0.717, 1.165) is 12.1 Å². The predicted octanol–water partition coefficient (Wildman–Crippen LogP) is 2.58. The maximum absolute atomic E-state index is 12.5. The number of nitrogens with zero attached hydrogens (tertiary/aromatic N) is 4. The van der Waals surface area contributed by atoms with Gasteiger partial charge in [0, 0.05) is 68.8 Å². The molecule has 1 saturated heterocycles. The average Bonchev–Trinajstić information content (AvgIpc) is 2.69. The standard InChI is InChI=1S/C21H28ClN5O4S/c1-25(2)31-20-11-16(5-6-19(20)22)15-26-7-9-27(10-8-26)21(28)30-18-12-17(13-23-14-18)24-32(3,4)29/h5-6,11-14H,3,7-10,15H2,1-2,4H3,(H,24,29). The van der Waals surface area contributed by atoms with Crippen LogP contribution < -0.4 is 14.3 Å². The Morgan fingerprint density at radius 1 is 1.25 bits per heavy atom. The average molecular weight is 482 g/mol. The van der Waals surface area contributed by atoms with Gasteiger partial charge in [0.15, 0.2) is 11.5 Å². The summed E-state index contributed by atoms with van der Waals surface area (Å²) >= 11 is 6.20. The van der Waals surface area contributed by atoms with Crippen LogP contribution in [0.4, 0.5) is 10.5 Å². The molecule has 1 aliphatic heterocycles. The Morgan fingerprint density at radius 2 is 1.97 bits per heavy atom. The van der Waals surface area contributed by atoms with Crippen LogP contribution in [0.3, 0.4) is 0 Å². The van der Waals surface area contributed by atoms with Crippen molar-refractivity contribution >= 4 is 39.0 Å². The number of ether oxygens (including phenoxy) is 1. The topological polar surface area (TPSA) is 87.2 Å². The summed E-state index contributed by atoms with van der Waals surface area (Å²) in [6.07, 6.45) is 3.97. The first-order valence-corrected chi connectivity index (χ1v) is 12.5. The van der Waals surface area contributed by atoms with Crippen molar-refractivity contribution in [3.05, 3.63) is 47.2 Å². The molecular formula is C21H28ClN5O4S. The molecule has 0 aliphatic carbocycles. The number of carbonyl (C=O) groups is 1. The molecule has 11 heteroatoms. The van der Waals surface area contributed by atoms with Gasteiger partial charge in [-0.1, -0.05) is 17.7 Å². The molecule has 1 unspecified atom stereocenters. The molecule has 3 rings (SSSR count). The van der Waals surface area contributed by atoms with E-state index in [9.17, 15) is 9.00 Å². The number of piperazine rings is 1. The zero-order valence-electron chi connectivity index (χ0n) is 18.4. The number of pyridine rings is 1. The van der Waals surface area contributed by atoms with Crippen molar-refractivity contribution in [1.29, 1.82) is 0 Å². The van der Waals surface area contributed by atoms with E-state index in [2.05, 4.69) is 20.5 Å².